The van der Waals surface area contributed by atoms with Crippen LogP contribution in [-0.4, -0.2) is 4.98 Å². The SMILES string of the molecule is C[C@H](/C=C/c1ccccc1)c1ccc(N(Cc2ccccc2)Cc2ccccc2)cn1. The quantitative estimate of drug-likeness (QED) is 0.311. The molecule has 0 saturated heterocycles. The van der Waals surface area contributed by atoms with Gasteiger partial charge >= 0.3 is 0 Å². The second kappa shape index (κ2) is 10.4. The van der Waals surface area contributed by atoms with Crippen molar-refractivity contribution >= 4 is 11.8 Å². The van der Waals surface area contributed by atoms with Crippen LogP contribution in [-0.2, 0) is 13.1 Å². The van der Waals surface area contributed by atoms with Crippen LogP contribution in [0.3, 0.4) is 0 Å². The fourth-order valence-corrected chi connectivity index (χ4v) is 3.62. The summed E-state index contributed by atoms with van der Waals surface area (Å²) in [6.45, 7) is 3.88. The van der Waals surface area contributed by atoms with Gasteiger partial charge in [0.2, 0.25) is 0 Å². The van der Waals surface area contributed by atoms with Crippen LogP contribution in [0.4, 0.5) is 5.69 Å². The monoisotopic (exact) mass is 404 g/mol. The van der Waals surface area contributed by atoms with Crippen molar-refractivity contribution in [2.75, 3.05) is 4.90 Å². The molecule has 3 aromatic carbocycles. The smallest absolute Gasteiger partial charge is 0.0559 e. The Hall–Kier alpha value is -3.65. The van der Waals surface area contributed by atoms with Crippen molar-refractivity contribution in [1.82, 2.24) is 4.98 Å². The minimum Gasteiger partial charge on any atom is -0.362 e. The maximum absolute atomic E-state index is 4.80. The average molecular weight is 405 g/mol. The van der Waals surface area contributed by atoms with E-state index >= 15 is 0 Å². The second-order valence-electron chi connectivity index (χ2n) is 7.83. The number of rotatable bonds is 8. The van der Waals surface area contributed by atoms with E-state index in [-0.39, 0.29) is 5.92 Å². The first-order valence-electron chi connectivity index (χ1n) is 10.8. The lowest BCUT2D eigenvalue weighted by Gasteiger charge is -2.25. The molecule has 0 unspecified atom stereocenters. The molecule has 4 rings (SSSR count). The molecule has 0 aliphatic rings. The Morgan fingerprint density at radius 3 is 1.77 bits per heavy atom. The van der Waals surface area contributed by atoms with Crippen LogP contribution < -0.4 is 4.90 Å². The molecule has 4 aromatic rings. The van der Waals surface area contributed by atoms with E-state index in [9.17, 15) is 0 Å². The summed E-state index contributed by atoms with van der Waals surface area (Å²) >= 11 is 0. The second-order valence-corrected chi connectivity index (χ2v) is 7.83. The predicted octanol–water partition coefficient (Wildman–Crippen LogP) is 7.11. The Balaban J connectivity index is 1.51. The van der Waals surface area contributed by atoms with E-state index in [1.54, 1.807) is 0 Å². The van der Waals surface area contributed by atoms with Crippen molar-refractivity contribution < 1.29 is 0 Å². The molecule has 0 amide bonds. The van der Waals surface area contributed by atoms with Gasteiger partial charge in [-0.3, -0.25) is 4.98 Å². The van der Waals surface area contributed by atoms with Crippen molar-refractivity contribution in [2.24, 2.45) is 0 Å². The summed E-state index contributed by atoms with van der Waals surface area (Å²) in [5, 5.41) is 0. The van der Waals surface area contributed by atoms with Crippen molar-refractivity contribution in [2.45, 2.75) is 25.9 Å². The van der Waals surface area contributed by atoms with Crippen LogP contribution in [0.15, 0.2) is 115 Å². The molecule has 0 aliphatic heterocycles. The van der Waals surface area contributed by atoms with Gasteiger partial charge in [-0.1, -0.05) is 110 Å². The highest BCUT2D eigenvalue weighted by atomic mass is 15.1. The molecule has 0 fully saturated rings. The first-order chi connectivity index (χ1) is 15.3. The molecular weight excluding hydrogens is 376 g/mol. The molecular formula is C29H28N2. The molecule has 0 bridgehead atoms. The minimum atomic E-state index is 0.256. The van der Waals surface area contributed by atoms with Crippen molar-refractivity contribution in [3.63, 3.8) is 0 Å². The molecule has 2 heteroatoms. The summed E-state index contributed by atoms with van der Waals surface area (Å²) in [5.74, 6) is 0.256. The summed E-state index contributed by atoms with van der Waals surface area (Å²) in [4.78, 5) is 7.18. The van der Waals surface area contributed by atoms with E-state index in [1.807, 2.05) is 12.3 Å². The van der Waals surface area contributed by atoms with E-state index in [2.05, 4.69) is 121 Å². The third-order valence-electron chi connectivity index (χ3n) is 5.41. The van der Waals surface area contributed by atoms with Crippen molar-refractivity contribution in [1.29, 1.82) is 0 Å². The van der Waals surface area contributed by atoms with E-state index in [1.165, 1.54) is 16.7 Å². The van der Waals surface area contributed by atoms with Gasteiger partial charge in [-0.15, -0.1) is 0 Å². The Bertz CT molecular complexity index is 1030. The van der Waals surface area contributed by atoms with Crippen LogP contribution in [0.25, 0.3) is 6.08 Å². The Kier molecular flexibility index (Phi) is 6.92. The Morgan fingerprint density at radius 1 is 0.710 bits per heavy atom. The van der Waals surface area contributed by atoms with E-state index in [4.69, 9.17) is 4.98 Å². The van der Waals surface area contributed by atoms with Gasteiger partial charge in [0.15, 0.2) is 0 Å². The topological polar surface area (TPSA) is 16.1 Å². The fraction of sp³-hybridized carbons (Fsp3) is 0.138. The van der Waals surface area contributed by atoms with E-state index in [0.717, 1.165) is 24.5 Å². The predicted molar refractivity (Wildman–Crippen MR) is 131 cm³/mol. The summed E-state index contributed by atoms with van der Waals surface area (Å²) < 4.78 is 0. The Morgan fingerprint density at radius 2 is 1.26 bits per heavy atom. The first kappa shape index (κ1) is 20.6. The third-order valence-corrected chi connectivity index (χ3v) is 5.41. The number of allylic oxidation sites excluding steroid dienone is 1. The zero-order valence-corrected chi connectivity index (χ0v) is 17.9. The van der Waals surface area contributed by atoms with Gasteiger partial charge in [0.05, 0.1) is 11.9 Å². The highest BCUT2D eigenvalue weighted by Crippen LogP contribution is 2.23. The number of hydrogen-bond acceptors (Lipinski definition) is 2. The lowest BCUT2D eigenvalue weighted by atomic mass is 10.0. The summed E-state index contributed by atoms with van der Waals surface area (Å²) in [7, 11) is 0. The summed E-state index contributed by atoms with van der Waals surface area (Å²) in [6.07, 6.45) is 6.38. The largest absolute Gasteiger partial charge is 0.362 e. The van der Waals surface area contributed by atoms with Gasteiger partial charge in [-0.05, 0) is 28.8 Å². The molecule has 1 heterocycles. The highest BCUT2D eigenvalue weighted by molar-refractivity contribution is 5.51. The zero-order chi connectivity index (χ0) is 21.3. The zero-order valence-electron chi connectivity index (χ0n) is 17.9. The van der Waals surface area contributed by atoms with Crippen molar-refractivity contribution in [3.05, 3.63) is 138 Å². The van der Waals surface area contributed by atoms with Crippen LogP contribution >= 0.6 is 0 Å². The minimum absolute atomic E-state index is 0.256. The van der Waals surface area contributed by atoms with Gasteiger partial charge in [-0.2, -0.15) is 0 Å². The maximum Gasteiger partial charge on any atom is 0.0559 e. The van der Waals surface area contributed by atoms with Gasteiger partial charge < -0.3 is 4.90 Å². The van der Waals surface area contributed by atoms with Gasteiger partial charge in [0.25, 0.3) is 0 Å². The highest BCUT2D eigenvalue weighted by Gasteiger charge is 2.11. The number of benzene rings is 3. The van der Waals surface area contributed by atoms with E-state index in [0.29, 0.717) is 0 Å². The maximum atomic E-state index is 4.80. The Labute approximate surface area is 185 Å². The summed E-state index contributed by atoms with van der Waals surface area (Å²) in [5.41, 5.74) is 6.01. The lowest BCUT2D eigenvalue weighted by Crippen LogP contribution is -2.22. The fourth-order valence-electron chi connectivity index (χ4n) is 3.62. The van der Waals surface area contributed by atoms with Crippen LogP contribution in [0.1, 0.15) is 35.2 Å². The molecule has 0 radical (unpaired) electrons. The molecule has 0 aliphatic carbocycles. The molecule has 31 heavy (non-hydrogen) atoms. The molecule has 0 spiro atoms. The van der Waals surface area contributed by atoms with Gasteiger partial charge in [0.1, 0.15) is 0 Å². The number of pyridine rings is 1. The molecule has 0 N–H and O–H groups in total. The molecule has 1 atom stereocenters. The standard InChI is InChI=1S/C29H28N2/c1-24(17-18-25-11-5-2-6-12-25)29-20-19-28(21-30-29)31(22-26-13-7-3-8-14-26)23-27-15-9-4-10-16-27/h2-21,24H,22-23H2,1H3/b18-17+/t24-/m1/s1. The van der Waals surface area contributed by atoms with Gasteiger partial charge in [-0.25, -0.2) is 0 Å². The third kappa shape index (κ3) is 5.93. The normalized spacial score (nSPS) is 12.0. The first-order valence-corrected chi connectivity index (χ1v) is 10.8. The van der Waals surface area contributed by atoms with Crippen LogP contribution in [0.5, 0.6) is 0 Å². The van der Waals surface area contributed by atoms with Crippen molar-refractivity contribution in [3.8, 4) is 0 Å². The summed E-state index contributed by atoms with van der Waals surface area (Å²) in [6, 6.07) is 36.0. The molecule has 2 nitrogen and oxygen atoms in total. The number of nitrogens with zero attached hydrogens (tertiary/aromatic N) is 2. The lowest BCUT2D eigenvalue weighted by molar-refractivity contribution is 0.793. The van der Waals surface area contributed by atoms with E-state index < -0.39 is 0 Å². The number of aromatic nitrogens is 1. The molecule has 0 saturated carbocycles. The van der Waals surface area contributed by atoms with Gasteiger partial charge in [0, 0.05) is 24.7 Å². The molecule has 154 valence electrons. The van der Waals surface area contributed by atoms with Crippen LogP contribution in [0, 0.1) is 0 Å². The van der Waals surface area contributed by atoms with Crippen LogP contribution in [0.2, 0.25) is 0 Å². The molecule has 1 aromatic heterocycles. The number of hydrogen-bond donors (Lipinski definition) is 0. The average Bonchev–Trinajstić information content (AvgIpc) is 2.84. The number of anilines is 1.